The van der Waals surface area contributed by atoms with Crippen LogP contribution in [0, 0.1) is 0 Å². The predicted molar refractivity (Wildman–Crippen MR) is 66.5 cm³/mol. The van der Waals surface area contributed by atoms with Crippen LogP contribution in [0.25, 0.3) is 0 Å². The minimum atomic E-state index is 0.111. The van der Waals surface area contributed by atoms with Gasteiger partial charge in [-0.3, -0.25) is 4.79 Å². The first kappa shape index (κ1) is 12.1. The topological polar surface area (TPSA) is 60.2 Å². The largest absolute Gasteiger partial charge is 0.364 e. The molecule has 94 valence electrons. The van der Waals surface area contributed by atoms with Gasteiger partial charge in [-0.1, -0.05) is 0 Å². The standard InChI is InChI=1S/C12H20N4O/c1-16-6-5-13-9-11(16)7-12(17)15-8-10-3-2-4-14-10/h2-4,11,13-14H,5-9H2,1H3,(H,15,17). The van der Waals surface area contributed by atoms with E-state index in [1.807, 2.05) is 18.3 Å². The van der Waals surface area contributed by atoms with Crippen LogP contribution in [-0.4, -0.2) is 48.5 Å². The molecule has 0 bridgehead atoms. The molecule has 1 aliphatic heterocycles. The number of piperazine rings is 1. The number of likely N-dealkylation sites (N-methyl/N-ethyl adjacent to an activating group) is 1. The van der Waals surface area contributed by atoms with E-state index in [4.69, 9.17) is 0 Å². The van der Waals surface area contributed by atoms with Gasteiger partial charge in [0.1, 0.15) is 0 Å². The molecule has 3 N–H and O–H groups in total. The third-order valence-electron chi connectivity index (χ3n) is 3.20. The first-order chi connectivity index (χ1) is 8.25. The molecule has 2 heterocycles. The second-order valence-electron chi connectivity index (χ2n) is 4.51. The first-order valence-electron chi connectivity index (χ1n) is 6.05. The summed E-state index contributed by atoms with van der Waals surface area (Å²) in [6, 6.07) is 4.21. The molecule has 0 aromatic carbocycles. The number of nitrogens with zero attached hydrogens (tertiary/aromatic N) is 1. The van der Waals surface area contributed by atoms with Gasteiger partial charge in [0.15, 0.2) is 0 Å². The van der Waals surface area contributed by atoms with E-state index in [2.05, 4.69) is 27.6 Å². The lowest BCUT2D eigenvalue weighted by Gasteiger charge is -2.32. The van der Waals surface area contributed by atoms with Crippen molar-refractivity contribution in [2.24, 2.45) is 0 Å². The van der Waals surface area contributed by atoms with E-state index in [1.54, 1.807) is 0 Å². The van der Waals surface area contributed by atoms with Crippen LogP contribution in [0.2, 0.25) is 0 Å². The Morgan fingerprint density at radius 1 is 1.65 bits per heavy atom. The van der Waals surface area contributed by atoms with Gasteiger partial charge in [0.2, 0.25) is 5.91 Å². The second-order valence-corrected chi connectivity index (χ2v) is 4.51. The highest BCUT2D eigenvalue weighted by Gasteiger charge is 2.21. The summed E-state index contributed by atoms with van der Waals surface area (Å²) in [6.07, 6.45) is 2.42. The molecule has 1 unspecified atom stereocenters. The number of rotatable bonds is 4. The van der Waals surface area contributed by atoms with Crippen molar-refractivity contribution in [2.75, 3.05) is 26.7 Å². The fourth-order valence-corrected chi connectivity index (χ4v) is 2.05. The van der Waals surface area contributed by atoms with E-state index in [0.29, 0.717) is 19.0 Å². The van der Waals surface area contributed by atoms with Crippen molar-refractivity contribution in [3.8, 4) is 0 Å². The number of hydrogen-bond acceptors (Lipinski definition) is 3. The maximum absolute atomic E-state index is 11.8. The summed E-state index contributed by atoms with van der Waals surface area (Å²) in [7, 11) is 2.07. The Hall–Kier alpha value is -1.33. The highest BCUT2D eigenvalue weighted by atomic mass is 16.1. The van der Waals surface area contributed by atoms with Crippen molar-refractivity contribution < 1.29 is 4.79 Å². The van der Waals surface area contributed by atoms with Gasteiger partial charge in [0.05, 0.1) is 6.54 Å². The highest BCUT2D eigenvalue weighted by molar-refractivity contribution is 5.76. The Morgan fingerprint density at radius 2 is 2.53 bits per heavy atom. The number of carbonyl (C=O) groups is 1. The molecule has 1 amide bonds. The molecule has 0 spiro atoms. The van der Waals surface area contributed by atoms with E-state index in [9.17, 15) is 4.79 Å². The van der Waals surface area contributed by atoms with Crippen molar-refractivity contribution in [1.29, 1.82) is 0 Å². The molecule has 1 saturated heterocycles. The van der Waals surface area contributed by atoms with Crippen LogP contribution >= 0.6 is 0 Å². The highest BCUT2D eigenvalue weighted by Crippen LogP contribution is 2.04. The van der Waals surface area contributed by atoms with Gasteiger partial charge in [-0.15, -0.1) is 0 Å². The number of aromatic nitrogens is 1. The van der Waals surface area contributed by atoms with E-state index < -0.39 is 0 Å². The van der Waals surface area contributed by atoms with Crippen molar-refractivity contribution in [3.63, 3.8) is 0 Å². The Bertz CT molecular complexity index is 349. The van der Waals surface area contributed by atoms with Crippen molar-refractivity contribution >= 4 is 5.91 Å². The minimum Gasteiger partial charge on any atom is -0.364 e. The quantitative estimate of drug-likeness (QED) is 0.685. The van der Waals surface area contributed by atoms with E-state index in [-0.39, 0.29) is 5.91 Å². The van der Waals surface area contributed by atoms with Crippen molar-refractivity contribution in [3.05, 3.63) is 24.0 Å². The Kier molecular flexibility index (Phi) is 4.17. The number of nitrogens with one attached hydrogen (secondary N) is 3. The molecule has 0 radical (unpaired) electrons. The van der Waals surface area contributed by atoms with Crippen molar-refractivity contribution in [2.45, 2.75) is 19.0 Å². The van der Waals surface area contributed by atoms with Crippen LogP contribution in [0.1, 0.15) is 12.1 Å². The van der Waals surface area contributed by atoms with Crippen LogP contribution in [0.4, 0.5) is 0 Å². The van der Waals surface area contributed by atoms with Gasteiger partial charge in [0, 0.05) is 44.0 Å². The Morgan fingerprint density at radius 3 is 3.24 bits per heavy atom. The van der Waals surface area contributed by atoms with E-state index in [1.165, 1.54) is 0 Å². The maximum atomic E-state index is 11.8. The average Bonchev–Trinajstić information content (AvgIpc) is 2.82. The maximum Gasteiger partial charge on any atom is 0.221 e. The summed E-state index contributed by atoms with van der Waals surface area (Å²) in [4.78, 5) is 17.1. The zero-order chi connectivity index (χ0) is 12.1. The van der Waals surface area contributed by atoms with Gasteiger partial charge >= 0.3 is 0 Å². The number of carbonyl (C=O) groups excluding carboxylic acids is 1. The SMILES string of the molecule is CN1CCNCC1CC(=O)NCc1ccc[nH]1. The van der Waals surface area contributed by atoms with Crippen LogP contribution in [-0.2, 0) is 11.3 Å². The molecule has 0 aliphatic carbocycles. The smallest absolute Gasteiger partial charge is 0.221 e. The molecule has 1 atom stereocenters. The third-order valence-corrected chi connectivity index (χ3v) is 3.20. The van der Waals surface area contributed by atoms with Crippen LogP contribution < -0.4 is 10.6 Å². The summed E-state index contributed by atoms with van der Waals surface area (Å²) in [5.74, 6) is 0.111. The number of hydrogen-bond donors (Lipinski definition) is 3. The molecule has 0 saturated carbocycles. The molecule has 1 fully saturated rings. The lowest BCUT2D eigenvalue weighted by molar-refractivity contribution is -0.122. The molecule has 5 heteroatoms. The van der Waals surface area contributed by atoms with E-state index >= 15 is 0 Å². The molecule has 5 nitrogen and oxygen atoms in total. The zero-order valence-corrected chi connectivity index (χ0v) is 10.2. The summed E-state index contributed by atoms with van der Waals surface area (Å²) in [5, 5.41) is 6.24. The Labute approximate surface area is 102 Å². The first-order valence-corrected chi connectivity index (χ1v) is 6.05. The van der Waals surface area contributed by atoms with Crippen LogP contribution in [0.15, 0.2) is 18.3 Å². The fourth-order valence-electron chi connectivity index (χ4n) is 2.05. The molecule has 2 rings (SSSR count). The third kappa shape index (κ3) is 3.57. The minimum absolute atomic E-state index is 0.111. The molecule has 1 aromatic heterocycles. The van der Waals surface area contributed by atoms with Crippen LogP contribution in [0.3, 0.4) is 0 Å². The average molecular weight is 236 g/mol. The molecule has 17 heavy (non-hydrogen) atoms. The second kappa shape index (κ2) is 5.84. The zero-order valence-electron chi connectivity index (χ0n) is 10.2. The number of amides is 1. The number of aromatic amines is 1. The lowest BCUT2D eigenvalue weighted by Crippen LogP contribution is -2.50. The molecular weight excluding hydrogens is 216 g/mol. The molecular formula is C12H20N4O. The summed E-state index contributed by atoms with van der Waals surface area (Å²) < 4.78 is 0. The lowest BCUT2D eigenvalue weighted by atomic mass is 10.1. The fraction of sp³-hybridized carbons (Fsp3) is 0.583. The summed E-state index contributed by atoms with van der Waals surface area (Å²) >= 11 is 0. The summed E-state index contributed by atoms with van der Waals surface area (Å²) in [6.45, 7) is 3.49. The van der Waals surface area contributed by atoms with Gasteiger partial charge in [-0.2, -0.15) is 0 Å². The van der Waals surface area contributed by atoms with Gasteiger partial charge in [-0.25, -0.2) is 0 Å². The van der Waals surface area contributed by atoms with Crippen LogP contribution in [0.5, 0.6) is 0 Å². The molecule has 1 aliphatic rings. The number of H-pyrrole nitrogens is 1. The van der Waals surface area contributed by atoms with Gasteiger partial charge in [0.25, 0.3) is 0 Å². The Balaban J connectivity index is 1.73. The monoisotopic (exact) mass is 236 g/mol. The molecule has 1 aromatic rings. The van der Waals surface area contributed by atoms with Crippen molar-refractivity contribution in [1.82, 2.24) is 20.5 Å². The van der Waals surface area contributed by atoms with E-state index in [0.717, 1.165) is 25.3 Å². The van der Waals surface area contributed by atoms with Gasteiger partial charge < -0.3 is 20.5 Å². The predicted octanol–water partition coefficient (Wildman–Crippen LogP) is -0.0754. The van der Waals surface area contributed by atoms with Gasteiger partial charge in [-0.05, 0) is 19.2 Å². The summed E-state index contributed by atoms with van der Waals surface area (Å²) in [5.41, 5.74) is 1.04. The normalized spacial score (nSPS) is 21.4.